The summed E-state index contributed by atoms with van der Waals surface area (Å²) in [5, 5.41) is 8.88. The molecule has 0 unspecified atom stereocenters. The summed E-state index contributed by atoms with van der Waals surface area (Å²) in [6.07, 6.45) is 1.68. The van der Waals surface area contributed by atoms with Crippen LogP contribution in [0.25, 0.3) is 0 Å². The van der Waals surface area contributed by atoms with Gasteiger partial charge in [0.2, 0.25) is 0 Å². The molecule has 17 heavy (non-hydrogen) atoms. The normalized spacial score (nSPS) is 10.9. The minimum absolute atomic E-state index is 0.276. The fourth-order valence-electron chi connectivity index (χ4n) is 1.52. The first kappa shape index (κ1) is 13.4. The van der Waals surface area contributed by atoms with Gasteiger partial charge in [-0.05, 0) is 51.3 Å². The molecule has 0 aliphatic carbocycles. The van der Waals surface area contributed by atoms with Crippen LogP contribution in [0.15, 0.2) is 18.2 Å². The molecular weight excluding hydrogens is 212 g/mol. The highest BCUT2D eigenvalue weighted by molar-refractivity contribution is 5.53. The third-order valence-corrected chi connectivity index (χ3v) is 2.68. The summed E-state index contributed by atoms with van der Waals surface area (Å²) in [6.45, 7) is 6.48. The quantitative estimate of drug-likeness (QED) is 0.626. The molecule has 0 aliphatic heterocycles. The Morgan fingerprint density at radius 2 is 2.12 bits per heavy atom. The van der Waals surface area contributed by atoms with Gasteiger partial charge in [-0.25, -0.2) is 0 Å². The summed E-state index contributed by atoms with van der Waals surface area (Å²) in [4.78, 5) is 0. The van der Waals surface area contributed by atoms with Crippen LogP contribution in [0.4, 0.5) is 5.69 Å². The second-order valence-corrected chi connectivity index (χ2v) is 4.99. The highest BCUT2D eigenvalue weighted by Gasteiger charge is 2.15. The van der Waals surface area contributed by atoms with Crippen molar-refractivity contribution in [3.8, 4) is 11.8 Å². The summed E-state index contributed by atoms with van der Waals surface area (Å²) < 4.78 is 5.62. The number of aryl methyl sites for hydroxylation is 1. The van der Waals surface area contributed by atoms with Crippen molar-refractivity contribution in [3.63, 3.8) is 0 Å². The monoisotopic (exact) mass is 232 g/mol. The van der Waals surface area contributed by atoms with Crippen LogP contribution >= 0.6 is 0 Å². The zero-order chi connectivity index (χ0) is 12.9. The molecule has 3 nitrogen and oxygen atoms in total. The maximum absolute atomic E-state index is 8.88. The molecule has 0 heterocycles. The van der Waals surface area contributed by atoms with E-state index in [9.17, 15) is 0 Å². The zero-order valence-corrected chi connectivity index (χ0v) is 10.8. The van der Waals surface area contributed by atoms with Gasteiger partial charge in [0.05, 0.1) is 23.8 Å². The van der Waals surface area contributed by atoms with Gasteiger partial charge in [-0.3, -0.25) is 0 Å². The van der Waals surface area contributed by atoms with Crippen LogP contribution in [0.1, 0.15) is 32.3 Å². The first-order chi connectivity index (χ1) is 7.94. The summed E-state index contributed by atoms with van der Waals surface area (Å²) in [6, 6.07) is 8.03. The van der Waals surface area contributed by atoms with E-state index in [-0.39, 0.29) is 5.41 Å². The van der Waals surface area contributed by atoms with E-state index in [2.05, 4.69) is 6.07 Å². The third-order valence-electron chi connectivity index (χ3n) is 2.68. The van der Waals surface area contributed by atoms with E-state index in [4.69, 9.17) is 15.7 Å². The van der Waals surface area contributed by atoms with Crippen LogP contribution in [0, 0.1) is 23.7 Å². The van der Waals surface area contributed by atoms with Crippen molar-refractivity contribution in [2.24, 2.45) is 5.41 Å². The average molecular weight is 232 g/mol. The molecule has 1 aromatic rings. The van der Waals surface area contributed by atoms with Gasteiger partial charge >= 0.3 is 0 Å². The van der Waals surface area contributed by atoms with Gasteiger partial charge in [-0.15, -0.1) is 0 Å². The largest absolute Gasteiger partial charge is 0.491 e. The van der Waals surface area contributed by atoms with Gasteiger partial charge in [0.25, 0.3) is 0 Å². The number of hydrogen-bond donors (Lipinski definition) is 1. The van der Waals surface area contributed by atoms with Crippen molar-refractivity contribution in [3.05, 3.63) is 23.8 Å². The molecule has 0 saturated heterocycles. The Hall–Kier alpha value is -1.69. The minimum atomic E-state index is -0.276. The Bertz CT molecular complexity index is 419. The Kier molecular flexibility index (Phi) is 4.39. The third kappa shape index (κ3) is 4.36. The van der Waals surface area contributed by atoms with Crippen molar-refractivity contribution in [2.45, 2.75) is 33.6 Å². The standard InChI is InChI=1S/C14H20N2O/c1-11-5-6-12(16)13(9-11)17-8-4-7-14(2,3)10-15/h5-6,9H,4,7-8,16H2,1-3H3. The molecule has 1 rings (SSSR count). The highest BCUT2D eigenvalue weighted by atomic mass is 16.5. The Morgan fingerprint density at radius 3 is 2.76 bits per heavy atom. The molecule has 0 saturated carbocycles. The number of benzene rings is 1. The topological polar surface area (TPSA) is 59.0 Å². The second-order valence-electron chi connectivity index (χ2n) is 4.99. The molecule has 3 heteroatoms. The Balaban J connectivity index is 2.42. The van der Waals surface area contributed by atoms with Gasteiger partial charge in [0.15, 0.2) is 0 Å². The van der Waals surface area contributed by atoms with E-state index < -0.39 is 0 Å². The lowest BCUT2D eigenvalue weighted by Crippen LogP contribution is -2.10. The SMILES string of the molecule is Cc1ccc(N)c(OCCCC(C)(C)C#N)c1. The first-order valence-corrected chi connectivity index (χ1v) is 5.85. The molecule has 0 aromatic heterocycles. The van der Waals surface area contributed by atoms with E-state index >= 15 is 0 Å². The molecule has 2 N–H and O–H groups in total. The van der Waals surface area contributed by atoms with E-state index in [0.29, 0.717) is 12.3 Å². The number of hydrogen-bond acceptors (Lipinski definition) is 3. The number of rotatable bonds is 5. The van der Waals surface area contributed by atoms with Crippen molar-refractivity contribution in [2.75, 3.05) is 12.3 Å². The summed E-state index contributed by atoms with van der Waals surface area (Å²) in [7, 11) is 0. The molecule has 0 spiro atoms. The van der Waals surface area contributed by atoms with E-state index in [1.165, 1.54) is 0 Å². The van der Waals surface area contributed by atoms with Gasteiger partial charge in [-0.2, -0.15) is 5.26 Å². The van der Waals surface area contributed by atoms with Crippen molar-refractivity contribution >= 4 is 5.69 Å². The molecule has 1 aromatic carbocycles. The lowest BCUT2D eigenvalue weighted by molar-refractivity contribution is 0.285. The van der Waals surface area contributed by atoms with Crippen LogP contribution in [0.3, 0.4) is 0 Å². The smallest absolute Gasteiger partial charge is 0.142 e. The van der Waals surface area contributed by atoms with Gasteiger partial charge < -0.3 is 10.5 Å². The van der Waals surface area contributed by atoms with Crippen LogP contribution in [-0.2, 0) is 0 Å². The molecular formula is C14H20N2O. The second kappa shape index (κ2) is 5.58. The molecule has 0 atom stereocenters. The summed E-state index contributed by atoms with van der Waals surface area (Å²) in [5.74, 6) is 0.736. The minimum Gasteiger partial charge on any atom is -0.491 e. The lowest BCUT2D eigenvalue weighted by atomic mass is 9.90. The average Bonchev–Trinajstić information content (AvgIpc) is 2.29. The number of nitrogens with zero attached hydrogens (tertiary/aromatic N) is 1. The van der Waals surface area contributed by atoms with E-state index in [0.717, 1.165) is 24.2 Å². The number of nitriles is 1. The number of nitrogens with two attached hydrogens (primary N) is 1. The Labute approximate surface area is 103 Å². The van der Waals surface area contributed by atoms with Crippen molar-refractivity contribution < 1.29 is 4.74 Å². The Morgan fingerprint density at radius 1 is 1.41 bits per heavy atom. The maximum atomic E-state index is 8.88. The van der Waals surface area contributed by atoms with Crippen LogP contribution in [0.5, 0.6) is 5.75 Å². The van der Waals surface area contributed by atoms with Gasteiger partial charge in [0, 0.05) is 0 Å². The number of anilines is 1. The molecule has 0 bridgehead atoms. The lowest BCUT2D eigenvalue weighted by Gasteiger charge is -2.15. The van der Waals surface area contributed by atoms with Crippen molar-refractivity contribution in [1.29, 1.82) is 5.26 Å². The summed E-state index contributed by atoms with van der Waals surface area (Å²) >= 11 is 0. The number of nitrogen functional groups attached to an aromatic ring is 1. The van der Waals surface area contributed by atoms with Crippen molar-refractivity contribution in [1.82, 2.24) is 0 Å². The molecule has 0 radical (unpaired) electrons. The summed E-state index contributed by atoms with van der Waals surface area (Å²) in [5.41, 5.74) is 7.32. The van der Waals surface area contributed by atoms with Crippen LogP contribution < -0.4 is 10.5 Å². The molecule has 0 aliphatic rings. The van der Waals surface area contributed by atoms with E-state index in [1.807, 2.05) is 39.0 Å². The first-order valence-electron chi connectivity index (χ1n) is 5.85. The van der Waals surface area contributed by atoms with Gasteiger partial charge in [-0.1, -0.05) is 6.07 Å². The highest BCUT2D eigenvalue weighted by Crippen LogP contribution is 2.24. The molecule has 0 amide bonds. The van der Waals surface area contributed by atoms with Gasteiger partial charge in [0.1, 0.15) is 5.75 Å². The zero-order valence-electron chi connectivity index (χ0n) is 10.8. The fraction of sp³-hybridized carbons (Fsp3) is 0.500. The molecule has 92 valence electrons. The van der Waals surface area contributed by atoms with Crippen LogP contribution in [-0.4, -0.2) is 6.61 Å². The predicted molar refractivity (Wildman–Crippen MR) is 69.7 cm³/mol. The molecule has 0 fully saturated rings. The maximum Gasteiger partial charge on any atom is 0.142 e. The van der Waals surface area contributed by atoms with Crippen LogP contribution in [0.2, 0.25) is 0 Å². The van der Waals surface area contributed by atoms with E-state index in [1.54, 1.807) is 0 Å². The number of ether oxygens (including phenoxy) is 1. The fourth-order valence-corrected chi connectivity index (χ4v) is 1.52. The predicted octanol–water partition coefficient (Wildman–Crippen LogP) is 3.29.